The highest BCUT2D eigenvalue weighted by Crippen LogP contribution is 2.31. The van der Waals surface area contributed by atoms with Crippen LogP contribution in [-0.2, 0) is 4.79 Å². The fourth-order valence-corrected chi connectivity index (χ4v) is 2.60. The van der Waals surface area contributed by atoms with Crippen LogP contribution in [0.25, 0.3) is 0 Å². The van der Waals surface area contributed by atoms with Gasteiger partial charge in [0.2, 0.25) is 5.91 Å². The predicted molar refractivity (Wildman–Crippen MR) is 80.0 cm³/mol. The third kappa shape index (κ3) is 4.46. The molecule has 0 spiro atoms. The van der Waals surface area contributed by atoms with Crippen LogP contribution in [0.1, 0.15) is 47.0 Å². The molecule has 1 aliphatic rings. The zero-order valence-corrected chi connectivity index (χ0v) is 13.1. The Balaban J connectivity index is 2.58. The van der Waals surface area contributed by atoms with Gasteiger partial charge in [0.15, 0.2) is 0 Å². The molecule has 2 N–H and O–H groups in total. The van der Waals surface area contributed by atoms with Gasteiger partial charge in [-0.05, 0) is 38.3 Å². The smallest absolute Gasteiger partial charge is 0.242 e. The van der Waals surface area contributed by atoms with Crippen molar-refractivity contribution in [2.75, 3.05) is 32.7 Å². The first kappa shape index (κ1) is 16.4. The number of carbonyl (C=O) groups is 1. The SMILES string of the molecule is CCN(CC)CCN(CC(C)C)C(=O)C1(N)CCC1. The Labute approximate surface area is 118 Å². The summed E-state index contributed by atoms with van der Waals surface area (Å²) in [6, 6.07) is 0. The van der Waals surface area contributed by atoms with Gasteiger partial charge in [-0.25, -0.2) is 0 Å². The predicted octanol–water partition coefficient (Wildman–Crippen LogP) is 1.69. The van der Waals surface area contributed by atoms with Crippen molar-refractivity contribution in [3.05, 3.63) is 0 Å². The molecule has 0 heterocycles. The van der Waals surface area contributed by atoms with Crippen molar-refractivity contribution in [3.8, 4) is 0 Å². The molecule has 4 heteroatoms. The minimum Gasteiger partial charge on any atom is -0.340 e. The van der Waals surface area contributed by atoms with Crippen LogP contribution in [0.15, 0.2) is 0 Å². The van der Waals surface area contributed by atoms with Crippen LogP contribution in [0, 0.1) is 5.92 Å². The summed E-state index contributed by atoms with van der Waals surface area (Å²) >= 11 is 0. The molecule has 0 unspecified atom stereocenters. The van der Waals surface area contributed by atoms with Gasteiger partial charge >= 0.3 is 0 Å². The second kappa shape index (κ2) is 7.25. The van der Waals surface area contributed by atoms with E-state index in [1.807, 2.05) is 4.90 Å². The van der Waals surface area contributed by atoms with Gasteiger partial charge in [-0.15, -0.1) is 0 Å². The van der Waals surface area contributed by atoms with Gasteiger partial charge in [0.1, 0.15) is 0 Å². The number of nitrogens with zero attached hydrogens (tertiary/aromatic N) is 2. The quantitative estimate of drug-likeness (QED) is 0.729. The van der Waals surface area contributed by atoms with E-state index in [-0.39, 0.29) is 5.91 Å². The van der Waals surface area contributed by atoms with E-state index in [2.05, 4.69) is 32.6 Å². The van der Waals surface area contributed by atoms with Gasteiger partial charge in [0.25, 0.3) is 0 Å². The molecule has 0 radical (unpaired) electrons. The lowest BCUT2D eigenvalue weighted by molar-refractivity contribution is -0.141. The molecule has 19 heavy (non-hydrogen) atoms. The van der Waals surface area contributed by atoms with Crippen LogP contribution in [0.3, 0.4) is 0 Å². The van der Waals surface area contributed by atoms with Gasteiger partial charge in [0, 0.05) is 19.6 Å². The van der Waals surface area contributed by atoms with Gasteiger partial charge in [-0.3, -0.25) is 4.79 Å². The van der Waals surface area contributed by atoms with Crippen molar-refractivity contribution in [3.63, 3.8) is 0 Å². The minimum atomic E-state index is -0.557. The second-order valence-electron chi connectivity index (χ2n) is 6.18. The summed E-state index contributed by atoms with van der Waals surface area (Å²) < 4.78 is 0. The molecule has 112 valence electrons. The highest BCUT2D eigenvalue weighted by molar-refractivity contribution is 5.87. The van der Waals surface area contributed by atoms with Gasteiger partial charge < -0.3 is 15.5 Å². The number of rotatable bonds is 8. The van der Waals surface area contributed by atoms with Gasteiger partial charge in [-0.2, -0.15) is 0 Å². The molecule has 4 nitrogen and oxygen atoms in total. The van der Waals surface area contributed by atoms with Crippen molar-refractivity contribution in [2.45, 2.75) is 52.5 Å². The Kier molecular flexibility index (Phi) is 6.27. The molecule has 0 aromatic carbocycles. The third-order valence-electron chi connectivity index (χ3n) is 4.13. The van der Waals surface area contributed by atoms with Gasteiger partial charge in [-0.1, -0.05) is 27.7 Å². The molecule has 1 rings (SSSR count). The van der Waals surface area contributed by atoms with E-state index in [0.717, 1.165) is 52.0 Å². The molecule has 1 aliphatic carbocycles. The molecule has 1 saturated carbocycles. The normalized spacial score (nSPS) is 17.6. The number of likely N-dealkylation sites (N-methyl/N-ethyl adjacent to an activating group) is 1. The Morgan fingerprint density at radius 2 is 1.79 bits per heavy atom. The first-order valence-electron chi connectivity index (χ1n) is 7.73. The van der Waals surface area contributed by atoms with E-state index in [1.54, 1.807) is 0 Å². The summed E-state index contributed by atoms with van der Waals surface area (Å²) in [5, 5.41) is 0. The molecule has 0 aromatic heterocycles. The molecular formula is C15H31N3O. The number of hydrogen-bond acceptors (Lipinski definition) is 3. The zero-order chi connectivity index (χ0) is 14.5. The lowest BCUT2D eigenvalue weighted by Crippen LogP contribution is -2.60. The van der Waals surface area contributed by atoms with E-state index in [9.17, 15) is 4.79 Å². The molecule has 0 bridgehead atoms. The van der Waals surface area contributed by atoms with Crippen molar-refractivity contribution in [2.24, 2.45) is 11.7 Å². The lowest BCUT2D eigenvalue weighted by atomic mass is 9.76. The van der Waals surface area contributed by atoms with Crippen LogP contribution in [-0.4, -0.2) is 54.0 Å². The van der Waals surface area contributed by atoms with E-state index in [1.165, 1.54) is 0 Å². The minimum absolute atomic E-state index is 0.166. The van der Waals surface area contributed by atoms with Gasteiger partial charge in [0.05, 0.1) is 5.54 Å². The van der Waals surface area contributed by atoms with Crippen molar-refractivity contribution >= 4 is 5.91 Å². The molecule has 0 saturated heterocycles. The summed E-state index contributed by atoms with van der Waals surface area (Å²) in [4.78, 5) is 16.9. The Bertz CT molecular complexity index is 283. The van der Waals surface area contributed by atoms with Crippen molar-refractivity contribution in [1.29, 1.82) is 0 Å². The number of nitrogens with two attached hydrogens (primary N) is 1. The molecule has 0 atom stereocenters. The third-order valence-corrected chi connectivity index (χ3v) is 4.13. The molecular weight excluding hydrogens is 238 g/mol. The lowest BCUT2D eigenvalue weighted by Gasteiger charge is -2.41. The maximum Gasteiger partial charge on any atom is 0.242 e. The molecule has 0 aromatic rings. The number of carbonyl (C=O) groups excluding carboxylic acids is 1. The highest BCUT2D eigenvalue weighted by atomic mass is 16.2. The molecule has 0 aliphatic heterocycles. The van der Waals surface area contributed by atoms with E-state index < -0.39 is 5.54 Å². The van der Waals surface area contributed by atoms with Crippen LogP contribution < -0.4 is 5.73 Å². The van der Waals surface area contributed by atoms with Crippen LogP contribution >= 0.6 is 0 Å². The maximum atomic E-state index is 12.6. The Hall–Kier alpha value is -0.610. The van der Waals surface area contributed by atoms with Crippen LogP contribution in [0.5, 0.6) is 0 Å². The topological polar surface area (TPSA) is 49.6 Å². The van der Waals surface area contributed by atoms with E-state index >= 15 is 0 Å². The molecule has 1 fully saturated rings. The highest BCUT2D eigenvalue weighted by Gasteiger charge is 2.42. The maximum absolute atomic E-state index is 12.6. The number of amides is 1. The summed E-state index contributed by atoms with van der Waals surface area (Å²) in [6.07, 6.45) is 2.80. The summed E-state index contributed by atoms with van der Waals surface area (Å²) in [5.41, 5.74) is 5.63. The zero-order valence-electron chi connectivity index (χ0n) is 13.1. The Morgan fingerprint density at radius 3 is 2.16 bits per heavy atom. The first-order chi connectivity index (χ1) is 8.92. The fourth-order valence-electron chi connectivity index (χ4n) is 2.60. The summed E-state index contributed by atoms with van der Waals surface area (Å²) in [6.45, 7) is 13.3. The Morgan fingerprint density at radius 1 is 1.21 bits per heavy atom. The second-order valence-corrected chi connectivity index (χ2v) is 6.18. The summed E-state index contributed by atoms with van der Waals surface area (Å²) in [5.74, 6) is 0.656. The monoisotopic (exact) mass is 269 g/mol. The average molecular weight is 269 g/mol. The number of hydrogen-bond donors (Lipinski definition) is 1. The average Bonchev–Trinajstić information content (AvgIpc) is 2.34. The summed E-state index contributed by atoms with van der Waals surface area (Å²) in [7, 11) is 0. The van der Waals surface area contributed by atoms with E-state index in [4.69, 9.17) is 5.73 Å². The fraction of sp³-hybridized carbons (Fsp3) is 0.933. The standard InChI is InChI=1S/C15H31N3O/c1-5-17(6-2)10-11-18(12-13(3)4)14(19)15(16)8-7-9-15/h13H,5-12,16H2,1-4H3. The van der Waals surface area contributed by atoms with Crippen molar-refractivity contribution < 1.29 is 4.79 Å². The largest absolute Gasteiger partial charge is 0.340 e. The molecule has 1 amide bonds. The van der Waals surface area contributed by atoms with Crippen LogP contribution in [0.4, 0.5) is 0 Å². The van der Waals surface area contributed by atoms with Crippen molar-refractivity contribution in [1.82, 2.24) is 9.80 Å². The van der Waals surface area contributed by atoms with E-state index in [0.29, 0.717) is 5.92 Å². The van der Waals surface area contributed by atoms with Crippen LogP contribution in [0.2, 0.25) is 0 Å². The first-order valence-corrected chi connectivity index (χ1v) is 7.73.